The number of halogens is 5. The fourth-order valence-corrected chi connectivity index (χ4v) is 7.08. The Kier molecular flexibility index (Phi) is 10.2. The predicted octanol–water partition coefficient (Wildman–Crippen LogP) is 8.40. The molecule has 0 atom stereocenters. The van der Waals surface area contributed by atoms with E-state index >= 15 is 0 Å². The number of thioether (sulfide) groups is 1. The highest BCUT2D eigenvalue weighted by molar-refractivity contribution is 7.98. The van der Waals surface area contributed by atoms with Gasteiger partial charge in [-0.25, -0.2) is 8.78 Å². The summed E-state index contributed by atoms with van der Waals surface area (Å²) in [6, 6.07) is 20.4. The molecule has 12 heteroatoms. The molecule has 1 fully saturated rings. The van der Waals surface area contributed by atoms with E-state index < -0.39 is 53.7 Å². The third kappa shape index (κ3) is 8.74. The van der Waals surface area contributed by atoms with Crippen LogP contribution in [-0.4, -0.2) is 59.7 Å². The second kappa shape index (κ2) is 16.4. The molecule has 1 aromatic heterocycles. The number of rotatable bonds is 12. The van der Waals surface area contributed by atoms with Crippen LogP contribution in [0.2, 0.25) is 0 Å². The summed E-state index contributed by atoms with van der Waals surface area (Å²) >= 11 is 0.828. The van der Waals surface area contributed by atoms with Crippen LogP contribution in [-0.2, 0) is 34.5 Å². The molecular weight excluding hydrogens is 698 g/mol. The Morgan fingerprint density at radius 1 is 0.942 bits per heavy atom. The molecule has 0 radical (unpaired) electrons. The van der Waals surface area contributed by atoms with Crippen molar-refractivity contribution in [2.75, 3.05) is 33.4 Å². The first-order valence-corrected chi connectivity index (χ1v) is 17.6. The van der Waals surface area contributed by atoms with Gasteiger partial charge in [-0.15, -0.1) is 11.8 Å². The van der Waals surface area contributed by atoms with Gasteiger partial charge in [0, 0.05) is 62.1 Å². The van der Waals surface area contributed by atoms with Gasteiger partial charge in [0.25, 0.3) is 0 Å². The summed E-state index contributed by atoms with van der Waals surface area (Å²) in [6.45, 7) is -3.66. The number of nitrogens with zero attached hydrogens (tertiary/aromatic N) is 3. The van der Waals surface area contributed by atoms with Crippen molar-refractivity contribution in [3.8, 4) is 11.1 Å². The van der Waals surface area contributed by atoms with Crippen molar-refractivity contribution >= 4 is 28.6 Å². The summed E-state index contributed by atoms with van der Waals surface area (Å²) in [5.41, 5.74) is -0.376. The highest BCUT2D eigenvalue weighted by atomic mass is 32.2. The molecule has 52 heavy (non-hydrogen) atoms. The quantitative estimate of drug-likeness (QED) is 0.0951. The van der Waals surface area contributed by atoms with Crippen LogP contribution in [0.15, 0.2) is 107 Å². The van der Waals surface area contributed by atoms with E-state index in [9.17, 15) is 37.0 Å². The lowest BCUT2D eigenvalue weighted by Crippen LogP contribution is -2.48. The monoisotopic (exact) mass is 739 g/mol. The van der Waals surface area contributed by atoms with Crippen LogP contribution in [0.25, 0.3) is 22.0 Å². The number of aromatic nitrogens is 1. The number of para-hydroxylation sites is 1. The molecule has 1 aliphatic rings. The van der Waals surface area contributed by atoms with E-state index in [2.05, 4.69) is 4.90 Å². The number of alkyl halides is 3. The third-order valence-electron chi connectivity index (χ3n) is 8.93. The van der Waals surface area contributed by atoms with Crippen LogP contribution in [0.1, 0.15) is 35.0 Å². The summed E-state index contributed by atoms with van der Waals surface area (Å²) in [4.78, 5) is 31.3. The molecule has 4 aromatic carbocycles. The van der Waals surface area contributed by atoms with Crippen LogP contribution >= 0.6 is 11.8 Å². The van der Waals surface area contributed by atoms with Gasteiger partial charge in [-0.3, -0.25) is 9.59 Å². The molecule has 272 valence electrons. The fraction of sp³-hybridized carbons (Fsp3) is 0.300. The lowest BCUT2D eigenvalue weighted by atomic mass is 10.00. The number of carbonyl (C=O) groups excluding carboxylic acids is 1. The summed E-state index contributed by atoms with van der Waals surface area (Å²) in [5, 5.41) is 0.0248. The van der Waals surface area contributed by atoms with Gasteiger partial charge in [0.1, 0.15) is 6.50 Å². The van der Waals surface area contributed by atoms with E-state index in [-0.39, 0.29) is 32.8 Å². The van der Waals surface area contributed by atoms with Gasteiger partial charge in [-0.1, -0.05) is 60.7 Å². The molecule has 6 rings (SSSR count). The zero-order valence-corrected chi connectivity index (χ0v) is 28.9. The first-order valence-electron chi connectivity index (χ1n) is 18.6. The highest BCUT2D eigenvalue weighted by Crippen LogP contribution is 2.32. The van der Waals surface area contributed by atoms with E-state index in [1.807, 2.05) is 0 Å². The molecule has 0 bridgehead atoms. The predicted molar refractivity (Wildman–Crippen MR) is 193 cm³/mol. The van der Waals surface area contributed by atoms with Crippen molar-refractivity contribution in [2.24, 2.45) is 0 Å². The Morgan fingerprint density at radius 3 is 2.29 bits per heavy atom. The van der Waals surface area contributed by atoms with Crippen LogP contribution in [0.4, 0.5) is 22.0 Å². The summed E-state index contributed by atoms with van der Waals surface area (Å²) in [5.74, 6) is -3.64. The Labute approximate surface area is 308 Å². The van der Waals surface area contributed by atoms with Gasteiger partial charge in [0.05, 0.1) is 28.2 Å². The molecule has 2 heterocycles. The highest BCUT2D eigenvalue weighted by Gasteiger charge is 2.31. The van der Waals surface area contributed by atoms with Gasteiger partial charge in [-0.05, 0) is 59.9 Å². The number of fused-ring (bicyclic) bond motifs is 1. The third-order valence-corrected chi connectivity index (χ3v) is 9.98. The second-order valence-corrected chi connectivity index (χ2v) is 13.3. The van der Waals surface area contributed by atoms with Gasteiger partial charge >= 0.3 is 6.18 Å². The standard InChI is InChI=1S/C40H38F5N3O3S/c1-51-22-21-46-19-17-32(18-20-46)47(24-27-9-11-28(12-10-27)29-13-15-31(16-14-29)40(43,44)45)37(50)25-48-35-8-3-2-6-33(35)36(49)23-38(48)52-26-30-5-4-7-34(41)39(30)42/h2-16,23,32H,17-22,24-26H2,1H3/i24D2,25D2. The number of hydrogen-bond donors (Lipinski definition) is 0. The molecule has 6 nitrogen and oxygen atoms in total. The largest absolute Gasteiger partial charge is 0.416 e. The Balaban J connectivity index is 1.41. The van der Waals surface area contributed by atoms with Crippen molar-refractivity contribution in [3.63, 3.8) is 0 Å². The lowest BCUT2D eigenvalue weighted by molar-refractivity contribution is -0.137. The number of methoxy groups -OCH3 is 1. The Morgan fingerprint density at radius 2 is 1.62 bits per heavy atom. The molecule has 0 spiro atoms. The van der Waals surface area contributed by atoms with Gasteiger partial charge in [-0.2, -0.15) is 13.2 Å². The van der Waals surface area contributed by atoms with Crippen LogP contribution in [0.3, 0.4) is 0 Å². The normalized spacial score (nSPS) is 15.9. The van der Waals surface area contributed by atoms with Crippen molar-refractivity contribution in [2.45, 2.75) is 48.8 Å². The Bertz CT molecular complexity index is 2250. The minimum Gasteiger partial charge on any atom is -0.383 e. The minimum atomic E-state index is -4.51. The number of pyridine rings is 1. The van der Waals surface area contributed by atoms with Crippen molar-refractivity contribution in [3.05, 3.63) is 136 Å². The number of piperidine rings is 1. The number of ether oxygens (including phenoxy) is 1. The topological polar surface area (TPSA) is 54.8 Å². The molecule has 1 aliphatic heterocycles. The fourth-order valence-electron chi connectivity index (χ4n) is 6.09. The molecule has 1 saturated heterocycles. The smallest absolute Gasteiger partial charge is 0.383 e. The van der Waals surface area contributed by atoms with Crippen LogP contribution < -0.4 is 5.43 Å². The van der Waals surface area contributed by atoms with E-state index in [1.165, 1.54) is 60.7 Å². The average Bonchev–Trinajstić information content (AvgIpc) is 3.18. The first kappa shape index (κ1) is 32.2. The summed E-state index contributed by atoms with van der Waals surface area (Å²) < 4.78 is 112. The van der Waals surface area contributed by atoms with E-state index in [0.29, 0.717) is 50.2 Å². The first-order chi connectivity index (χ1) is 26.5. The van der Waals surface area contributed by atoms with Crippen LogP contribution in [0, 0.1) is 11.6 Å². The van der Waals surface area contributed by atoms with Gasteiger partial charge in [0.2, 0.25) is 5.91 Å². The summed E-state index contributed by atoms with van der Waals surface area (Å²) in [6.07, 6.45) is -3.93. The van der Waals surface area contributed by atoms with E-state index in [1.54, 1.807) is 19.2 Å². The van der Waals surface area contributed by atoms with E-state index in [4.69, 9.17) is 4.74 Å². The molecule has 5 aromatic rings. The van der Waals surface area contributed by atoms with Gasteiger partial charge in [0.15, 0.2) is 17.1 Å². The lowest BCUT2D eigenvalue weighted by Gasteiger charge is -2.39. The van der Waals surface area contributed by atoms with E-state index in [0.717, 1.165) is 45.5 Å². The molecule has 0 aliphatic carbocycles. The van der Waals surface area contributed by atoms with Crippen molar-refractivity contribution in [1.29, 1.82) is 0 Å². The number of benzene rings is 4. The van der Waals surface area contributed by atoms with Crippen LogP contribution in [0.5, 0.6) is 0 Å². The Hall–Kier alpha value is -4.52. The SMILES string of the molecule is [2H]C([2H])(c1ccc(-c2ccc(C(F)(F)F)cc2)cc1)N(C(=O)C([2H])([2H])n1c(SCc2cccc(F)c2F)cc(=O)c2ccccc21)C1CCN(CCOC)CC1. The molecule has 0 unspecified atom stereocenters. The molecular formula is C40H38F5N3O3S. The maximum absolute atomic E-state index is 15.0. The average molecular weight is 740 g/mol. The minimum absolute atomic E-state index is 0.0000614. The zero-order chi connectivity index (χ0) is 40.4. The second-order valence-electron chi connectivity index (χ2n) is 12.3. The number of amides is 1. The zero-order valence-electron chi connectivity index (χ0n) is 32.1. The maximum Gasteiger partial charge on any atom is 0.416 e. The van der Waals surface area contributed by atoms with Crippen molar-refractivity contribution < 1.29 is 37.0 Å². The molecule has 1 amide bonds. The molecule has 0 N–H and O–H groups in total. The van der Waals surface area contributed by atoms with Gasteiger partial charge < -0.3 is 19.1 Å². The number of likely N-dealkylation sites (tertiary alicyclic amines) is 1. The number of carbonyl (C=O) groups is 1. The summed E-state index contributed by atoms with van der Waals surface area (Å²) in [7, 11) is 1.58. The maximum atomic E-state index is 15.0. The van der Waals surface area contributed by atoms with Crippen molar-refractivity contribution in [1.82, 2.24) is 14.4 Å². The molecule has 0 saturated carbocycles. The number of hydrogen-bond acceptors (Lipinski definition) is 5.